The number of hydrogen-bond acceptors (Lipinski definition) is 4. The lowest BCUT2D eigenvalue weighted by Crippen LogP contribution is -2.52. The van der Waals surface area contributed by atoms with Crippen LogP contribution in [0.5, 0.6) is 0 Å². The Balaban J connectivity index is 1.73. The maximum absolute atomic E-state index is 12.2. The first kappa shape index (κ1) is 14.3. The van der Waals surface area contributed by atoms with Crippen LogP contribution in [0.4, 0.5) is 0 Å². The second-order valence-corrected chi connectivity index (χ2v) is 5.39. The fourth-order valence-electron chi connectivity index (χ4n) is 2.75. The molecule has 2 heterocycles. The molecule has 1 unspecified atom stereocenters. The van der Waals surface area contributed by atoms with Crippen molar-refractivity contribution in [2.45, 2.75) is 18.9 Å². The third-order valence-electron chi connectivity index (χ3n) is 3.88. The van der Waals surface area contributed by atoms with Crippen molar-refractivity contribution in [3.8, 4) is 12.3 Å². The van der Waals surface area contributed by atoms with Crippen LogP contribution in [0.1, 0.15) is 12.8 Å². The number of carbonyl (C=O) groups excluding carboxylic acids is 1. The summed E-state index contributed by atoms with van der Waals surface area (Å²) in [6.07, 6.45) is 6.85. The zero-order valence-corrected chi connectivity index (χ0v) is 11.4. The summed E-state index contributed by atoms with van der Waals surface area (Å²) >= 11 is 0. The minimum atomic E-state index is -0.269. The first-order valence-electron chi connectivity index (χ1n) is 7.03. The fraction of sp³-hybridized carbons (Fsp3) is 0.786. The van der Waals surface area contributed by atoms with Gasteiger partial charge in [-0.2, -0.15) is 0 Å². The molecular formula is C14H23N3O2. The van der Waals surface area contributed by atoms with Gasteiger partial charge in [0.15, 0.2) is 0 Å². The number of β-amino-alcohol motifs (C(OH)–C–C–N with tert-alkyl or cyclic N) is 1. The van der Waals surface area contributed by atoms with Gasteiger partial charge in [-0.3, -0.25) is 14.6 Å². The number of hydrogen-bond donors (Lipinski definition) is 1. The molecule has 106 valence electrons. The number of piperidine rings is 1. The molecular weight excluding hydrogens is 242 g/mol. The Bertz CT molecular complexity index is 345. The van der Waals surface area contributed by atoms with E-state index in [0.29, 0.717) is 19.6 Å². The van der Waals surface area contributed by atoms with Gasteiger partial charge in [0, 0.05) is 32.7 Å². The quantitative estimate of drug-likeness (QED) is 0.680. The Labute approximate surface area is 115 Å². The molecule has 0 saturated carbocycles. The van der Waals surface area contributed by atoms with Gasteiger partial charge >= 0.3 is 0 Å². The third-order valence-corrected chi connectivity index (χ3v) is 3.88. The Morgan fingerprint density at radius 1 is 1.21 bits per heavy atom. The summed E-state index contributed by atoms with van der Waals surface area (Å²) in [5.74, 6) is 2.81. The van der Waals surface area contributed by atoms with Gasteiger partial charge in [0.25, 0.3) is 0 Å². The molecule has 2 aliphatic heterocycles. The number of terminal acetylenes is 1. The SMILES string of the molecule is C#CCN1CCN(C(=O)CN2CCCC(O)C2)CC1. The number of piperazine rings is 1. The first-order chi connectivity index (χ1) is 9.19. The Hall–Kier alpha value is -1.09. The highest BCUT2D eigenvalue weighted by atomic mass is 16.3. The zero-order chi connectivity index (χ0) is 13.7. The zero-order valence-electron chi connectivity index (χ0n) is 11.4. The van der Waals surface area contributed by atoms with Gasteiger partial charge in [-0.1, -0.05) is 5.92 Å². The summed E-state index contributed by atoms with van der Waals surface area (Å²) in [5.41, 5.74) is 0. The van der Waals surface area contributed by atoms with Crippen molar-refractivity contribution in [1.29, 1.82) is 0 Å². The average molecular weight is 265 g/mol. The predicted molar refractivity (Wildman–Crippen MR) is 73.5 cm³/mol. The summed E-state index contributed by atoms with van der Waals surface area (Å²) in [6.45, 7) is 5.89. The van der Waals surface area contributed by atoms with Crippen LogP contribution in [0, 0.1) is 12.3 Å². The fourth-order valence-corrected chi connectivity index (χ4v) is 2.75. The molecule has 2 fully saturated rings. The lowest BCUT2D eigenvalue weighted by Gasteiger charge is -2.36. The van der Waals surface area contributed by atoms with E-state index < -0.39 is 0 Å². The van der Waals surface area contributed by atoms with Crippen LogP contribution in [0.3, 0.4) is 0 Å². The van der Waals surface area contributed by atoms with Crippen molar-refractivity contribution >= 4 is 5.91 Å². The minimum absolute atomic E-state index is 0.175. The van der Waals surface area contributed by atoms with Crippen molar-refractivity contribution < 1.29 is 9.90 Å². The second-order valence-electron chi connectivity index (χ2n) is 5.39. The van der Waals surface area contributed by atoms with Gasteiger partial charge in [0.1, 0.15) is 0 Å². The van der Waals surface area contributed by atoms with Crippen molar-refractivity contribution in [2.24, 2.45) is 0 Å². The molecule has 5 nitrogen and oxygen atoms in total. The smallest absolute Gasteiger partial charge is 0.236 e. The molecule has 1 amide bonds. The van der Waals surface area contributed by atoms with Crippen LogP contribution >= 0.6 is 0 Å². The van der Waals surface area contributed by atoms with Crippen molar-refractivity contribution in [3.05, 3.63) is 0 Å². The number of likely N-dealkylation sites (tertiary alicyclic amines) is 1. The first-order valence-corrected chi connectivity index (χ1v) is 7.03. The molecule has 2 rings (SSSR count). The van der Waals surface area contributed by atoms with E-state index in [1.54, 1.807) is 0 Å². The van der Waals surface area contributed by atoms with Crippen molar-refractivity contribution in [2.75, 3.05) is 52.4 Å². The van der Waals surface area contributed by atoms with E-state index in [9.17, 15) is 9.90 Å². The third kappa shape index (κ3) is 4.20. The van der Waals surface area contributed by atoms with Crippen LogP contribution in [-0.2, 0) is 4.79 Å². The van der Waals surface area contributed by atoms with Crippen LogP contribution in [0.2, 0.25) is 0 Å². The topological polar surface area (TPSA) is 47.0 Å². The molecule has 5 heteroatoms. The number of carbonyl (C=O) groups is 1. The predicted octanol–water partition coefficient (Wildman–Crippen LogP) is -0.779. The summed E-state index contributed by atoms with van der Waals surface area (Å²) < 4.78 is 0. The molecule has 19 heavy (non-hydrogen) atoms. The van der Waals surface area contributed by atoms with E-state index in [4.69, 9.17) is 6.42 Å². The number of rotatable bonds is 3. The number of nitrogens with zero attached hydrogens (tertiary/aromatic N) is 3. The summed E-state index contributed by atoms with van der Waals surface area (Å²) in [5, 5.41) is 9.60. The highest BCUT2D eigenvalue weighted by Crippen LogP contribution is 2.10. The van der Waals surface area contributed by atoms with Gasteiger partial charge in [0.05, 0.1) is 19.2 Å². The second kappa shape index (κ2) is 6.90. The normalized spacial score (nSPS) is 26.1. The largest absolute Gasteiger partial charge is 0.392 e. The molecule has 0 bridgehead atoms. The summed E-state index contributed by atoms with van der Waals surface area (Å²) in [6, 6.07) is 0. The molecule has 2 saturated heterocycles. The molecule has 0 aliphatic carbocycles. The van der Waals surface area contributed by atoms with E-state index in [1.165, 1.54) is 0 Å². The highest BCUT2D eigenvalue weighted by Gasteiger charge is 2.24. The molecule has 1 atom stereocenters. The van der Waals surface area contributed by atoms with E-state index in [0.717, 1.165) is 45.6 Å². The molecule has 0 aromatic rings. The lowest BCUT2D eigenvalue weighted by molar-refractivity contribution is -0.134. The van der Waals surface area contributed by atoms with Crippen LogP contribution < -0.4 is 0 Å². The Morgan fingerprint density at radius 2 is 1.95 bits per heavy atom. The molecule has 0 spiro atoms. The highest BCUT2D eigenvalue weighted by molar-refractivity contribution is 5.78. The molecule has 0 radical (unpaired) electrons. The van der Waals surface area contributed by atoms with Crippen LogP contribution in [0.25, 0.3) is 0 Å². The van der Waals surface area contributed by atoms with E-state index in [2.05, 4.69) is 15.7 Å². The minimum Gasteiger partial charge on any atom is -0.392 e. The molecule has 0 aromatic heterocycles. The Kier molecular flexibility index (Phi) is 5.20. The number of amides is 1. The molecule has 0 aromatic carbocycles. The van der Waals surface area contributed by atoms with Crippen molar-refractivity contribution in [3.63, 3.8) is 0 Å². The van der Waals surface area contributed by atoms with Crippen LogP contribution in [-0.4, -0.2) is 84.2 Å². The van der Waals surface area contributed by atoms with Crippen LogP contribution in [0.15, 0.2) is 0 Å². The van der Waals surface area contributed by atoms with Gasteiger partial charge in [-0.15, -0.1) is 6.42 Å². The van der Waals surface area contributed by atoms with Gasteiger partial charge in [-0.25, -0.2) is 0 Å². The Morgan fingerprint density at radius 3 is 2.58 bits per heavy atom. The number of aliphatic hydroxyl groups is 1. The number of aliphatic hydroxyl groups excluding tert-OH is 1. The summed E-state index contributed by atoms with van der Waals surface area (Å²) in [4.78, 5) is 18.3. The average Bonchev–Trinajstić information content (AvgIpc) is 2.40. The van der Waals surface area contributed by atoms with Gasteiger partial charge in [-0.05, 0) is 19.4 Å². The maximum atomic E-state index is 12.2. The van der Waals surface area contributed by atoms with E-state index >= 15 is 0 Å². The van der Waals surface area contributed by atoms with E-state index in [-0.39, 0.29) is 12.0 Å². The molecule has 2 aliphatic rings. The summed E-state index contributed by atoms with van der Waals surface area (Å²) in [7, 11) is 0. The van der Waals surface area contributed by atoms with Gasteiger partial charge in [0.2, 0.25) is 5.91 Å². The standard InChI is InChI=1S/C14H23N3O2/c1-2-5-15-7-9-17(10-8-15)14(19)12-16-6-3-4-13(18)11-16/h1,13,18H,3-12H2. The van der Waals surface area contributed by atoms with E-state index in [1.807, 2.05) is 4.90 Å². The monoisotopic (exact) mass is 265 g/mol. The maximum Gasteiger partial charge on any atom is 0.236 e. The lowest BCUT2D eigenvalue weighted by atomic mass is 10.1. The van der Waals surface area contributed by atoms with Gasteiger partial charge < -0.3 is 10.0 Å². The van der Waals surface area contributed by atoms with Crippen molar-refractivity contribution in [1.82, 2.24) is 14.7 Å². The molecule has 1 N–H and O–H groups in total.